The summed E-state index contributed by atoms with van der Waals surface area (Å²) in [5, 5.41) is 9.17. The number of carboxylic acid groups (broad SMARTS) is 1. The Balaban J connectivity index is 1.95. The van der Waals surface area contributed by atoms with E-state index < -0.39 is 12.0 Å². The van der Waals surface area contributed by atoms with Crippen molar-refractivity contribution >= 4 is 23.6 Å². The summed E-state index contributed by atoms with van der Waals surface area (Å²) in [4.78, 5) is 24.6. The Kier molecular flexibility index (Phi) is 3.07. The van der Waals surface area contributed by atoms with Gasteiger partial charge in [0.05, 0.1) is 12.2 Å². The van der Waals surface area contributed by atoms with Crippen LogP contribution in [0, 0.1) is 0 Å². The van der Waals surface area contributed by atoms with Gasteiger partial charge in [-0.1, -0.05) is 0 Å². The van der Waals surface area contributed by atoms with Crippen molar-refractivity contribution in [3.8, 4) is 0 Å². The van der Waals surface area contributed by atoms with E-state index in [1.807, 2.05) is 6.92 Å². The van der Waals surface area contributed by atoms with Crippen LogP contribution < -0.4 is 5.73 Å². The molecule has 3 aliphatic heterocycles. The van der Waals surface area contributed by atoms with E-state index in [0.717, 1.165) is 18.4 Å². The number of thioether (sulfide) groups is 1. The van der Waals surface area contributed by atoms with Crippen LogP contribution in [0.25, 0.3) is 0 Å². The van der Waals surface area contributed by atoms with E-state index in [-0.39, 0.29) is 29.2 Å². The molecule has 2 saturated heterocycles. The number of carbonyl (C=O) groups is 2. The first-order valence-electron chi connectivity index (χ1n) is 6.32. The first-order chi connectivity index (χ1) is 9.00. The molecule has 0 aromatic carbocycles. The Bertz CT molecular complexity index is 478. The molecule has 7 heteroatoms. The van der Waals surface area contributed by atoms with Gasteiger partial charge in [-0.2, -0.15) is 0 Å². The number of nitrogens with zero attached hydrogens (tertiary/aromatic N) is 1. The molecular weight excluding hydrogens is 268 g/mol. The van der Waals surface area contributed by atoms with Crippen molar-refractivity contribution in [1.29, 1.82) is 0 Å². The maximum Gasteiger partial charge on any atom is 0.352 e. The van der Waals surface area contributed by atoms with Gasteiger partial charge < -0.3 is 15.6 Å². The monoisotopic (exact) mass is 284 g/mol. The molecule has 19 heavy (non-hydrogen) atoms. The lowest BCUT2D eigenvalue weighted by atomic mass is 10.00. The maximum atomic E-state index is 11.8. The molecule has 0 bridgehead atoms. The number of hydrogen-bond acceptors (Lipinski definition) is 5. The molecule has 6 nitrogen and oxygen atoms in total. The SMILES string of the molecule is CC1CCC(C2=C(C(=O)O)N3C(=O)[C@@H](N)[C@H]3SC2)O1. The van der Waals surface area contributed by atoms with E-state index in [2.05, 4.69) is 0 Å². The Hall–Kier alpha value is -1.05. The number of nitrogens with two attached hydrogens (primary N) is 1. The van der Waals surface area contributed by atoms with Crippen molar-refractivity contribution in [2.45, 2.75) is 43.4 Å². The number of carbonyl (C=O) groups excluding carboxylic acids is 1. The number of ether oxygens (including phenoxy) is 1. The Morgan fingerprint density at radius 2 is 2.26 bits per heavy atom. The van der Waals surface area contributed by atoms with Crippen LogP contribution in [0.15, 0.2) is 11.3 Å². The maximum absolute atomic E-state index is 11.8. The van der Waals surface area contributed by atoms with Gasteiger partial charge in [0.15, 0.2) is 0 Å². The normalized spacial score (nSPS) is 38.2. The van der Waals surface area contributed by atoms with Crippen molar-refractivity contribution < 1.29 is 19.4 Å². The summed E-state index contributed by atoms with van der Waals surface area (Å²) in [5.74, 6) is -0.803. The molecule has 3 N–H and O–H groups in total. The molecule has 3 rings (SSSR count). The summed E-state index contributed by atoms with van der Waals surface area (Å²) in [6.07, 6.45) is 1.69. The molecule has 0 aliphatic carbocycles. The van der Waals surface area contributed by atoms with Crippen LogP contribution >= 0.6 is 11.8 Å². The average molecular weight is 284 g/mol. The minimum absolute atomic E-state index is 0.0922. The van der Waals surface area contributed by atoms with Gasteiger partial charge in [0.25, 0.3) is 0 Å². The van der Waals surface area contributed by atoms with Gasteiger partial charge in [-0.05, 0) is 25.3 Å². The lowest BCUT2D eigenvalue weighted by Gasteiger charge is -2.48. The van der Waals surface area contributed by atoms with E-state index in [9.17, 15) is 14.7 Å². The van der Waals surface area contributed by atoms with Gasteiger partial charge in [0.2, 0.25) is 5.91 Å². The minimum Gasteiger partial charge on any atom is -0.477 e. The van der Waals surface area contributed by atoms with Gasteiger partial charge in [-0.3, -0.25) is 9.69 Å². The second-order valence-corrected chi connectivity index (χ2v) is 6.23. The molecule has 3 aliphatic rings. The van der Waals surface area contributed by atoms with Crippen molar-refractivity contribution in [2.75, 3.05) is 5.75 Å². The van der Waals surface area contributed by atoms with E-state index in [1.165, 1.54) is 16.7 Å². The van der Waals surface area contributed by atoms with Crippen LogP contribution in [0.5, 0.6) is 0 Å². The molecule has 2 unspecified atom stereocenters. The van der Waals surface area contributed by atoms with Crippen molar-refractivity contribution in [2.24, 2.45) is 5.73 Å². The van der Waals surface area contributed by atoms with Crippen LogP contribution in [0.1, 0.15) is 19.8 Å². The summed E-state index contributed by atoms with van der Waals surface area (Å²) < 4.78 is 5.75. The van der Waals surface area contributed by atoms with E-state index in [1.54, 1.807) is 0 Å². The Morgan fingerprint density at radius 3 is 2.84 bits per heavy atom. The second-order valence-electron chi connectivity index (χ2n) is 5.13. The summed E-state index contributed by atoms with van der Waals surface area (Å²) in [5.41, 5.74) is 6.51. The lowest BCUT2D eigenvalue weighted by molar-refractivity contribution is -0.148. The molecule has 0 radical (unpaired) electrons. The highest BCUT2D eigenvalue weighted by atomic mass is 32.2. The highest BCUT2D eigenvalue weighted by molar-refractivity contribution is 8.00. The van der Waals surface area contributed by atoms with Crippen LogP contribution in [-0.4, -0.2) is 51.3 Å². The van der Waals surface area contributed by atoms with Crippen LogP contribution in [0.3, 0.4) is 0 Å². The third-order valence-electron chi connectivity index (χ3n) is 3.86. The number of rotatable bonds is 2. The van der Waals surface area contributed by atoms with Gasteiger partial charge >= 0.3 is 5.97 Å². The quantitative estimate of drug-likeness (QED) is 0.700. The number of carboxylic acids is 1. The molecule has 0 saturated carbocycles. The first-order valence-corrected chi connectivity index (χ1v) is 7.37. The molecule has 1 amide bonds. The van der Waals surface area contributed by atoms with Crippen molar-refractivity contribution in [3.05, 3.63) is 11.3 Å². The zero-order valence-electron chi connectivity index (χ0n) is 10.5. The van der Waals surface area contributed by atoms with Crippen LogP contribution in [0.4, 0.5) is 0 Å². The molecule has 3 heterocycles. The summed E-state index contributed by atoms with van der Waals surface area (Å²) in [7, 11) is 0. The fraction of sp³-hybridized carbons (Fsp3) is 0.667. The van der Waals surface area contributed by atoms with E-state index in [0.29, 0.717) is 5.75 Å². The average Bonchev–Trinajstić information content (AvgIpc) is 2.82. The zero-order valence-corrected chi connectivity index (χ0v) is 11.4. The fourth-order valence-corrected chi connectivity index (χ4v) is 4.20. The van der Waals surface area contributed by atoms with Crippen LogP contribution in [0.2, 0.25) is 0 Å². The summed E-state index contributed by atoms with van der Waals surface area (Å²) in [6.45, 7) is 1.98. The number of amides is 1. The second kappa shape index (κ2) is 4.50. The van der Waals surface area contributed by atoms with E-state index in [4.69, 9.17) is 10.5 Å². The van der Waals surface area contributed by atoms with E-state index >= 15 is 0 Å². The summed E-state index contributed by atoms with van der Waals surface area (Å²) in [6, 6.07) is -0.579. The van der Waals surface area contributed by atoms with Gasteiger partial charge in [0.1, 0.15) is 17.1 Å². The molecule has 0 spiro atoms. The molecule has 2 fully saturated rings. The highest BCUT2D eigenvalue weighted by Crippen LogP contribution is 2.42. The predicted octanol–water partition coefficient (Wildman–Crippen LogP) is 0.135. The number of fused-ring (bicyclic) bond motifs is 1. The molecule has 0 aromatic heterocycles. The van der Waals surface area contributed by atoms with Gasteiger partial charge in [-0.25, -0.2) is 4.79 Å². The Morgan fingerprint density at radius 1 is 1.53 bits per heavy atom. The number of aliphatic carboxylic acids is 1. The summed E-state index contributed by atoms with van der Waals surface area (Å²) >= 11 is 1.52. The van der Waals surface area contributed by atoms with Crippen molar-refractivity contribution in [1.82, 2.24) is 4.90 Å². The third-order valence-corrected chi connectivity index (χ3v) is 5.19. The van der Waals surface area contributed by atoms with Gasteiger partial charge in [-0.15, -0.1) is 11.8 Å². The highest BCUT2D eigenvalue weighted by Gasteiger charge is 2.52. The number of hydrogen-bond donors (Lipinski definition) is 2. The topological polar surface area (TPSA) is 92.9 Å². The fourth-order valence-electron chi connectivity index (χ4n) is 2.85. The van der Waals surface area contributed by atoms with Crippen molar-refractivity contribution in [3.63, 3.8) is 0 Å². The lowest BCUT2D eigenvalue weighted by Crippen LogP contribution is -2.68. The molecule has 4 atom stereocenters. The molecule has 0 aromatic rings. The zero-order chi connectivity index (χ0) is 13.7. The third kappa shape index (κ3) is 1.87. The first kappa shape index (κ1) is 13.0. The smallest absolute Gasteiger partial charge is 0.352 e. The Labute approximate surface area is 115 Å². The van der Waals surface area contributed by atoms with Crippen LogP contribution in [-0.2, 0) is 14.3 Å². The largest absolute Gasteiger partial charge is 0.477 e. The molecular formula is C12H16N2O4S. The minimum atomic E-state index is -1.07. The standard InChI is InChI=1S/C12H16N2O4S/c1-5-2-3-7(18-5)6-4-19-11-8(13)10(15)14(11)9(6)12(16)17/h5,7-8,11H,2-4,13H2,1H3,(H,16,17)/t5?,7?,8-,11-/m1/s1. The van der Waals surface area contributed by atoms with Gasteiger partial charge in [0, 0.05) is 5.75 Å². The predicted molar refractivity (Wildman–Crippen MR) is 69.3 cm³/mol. The molecule has 104 valence electrons. The number of β-lactam (4-membered cyclic amide) rings is 1.